The van der Waals surface area contributed by atoms with Gasteiger partial charge in [0.2, 0.25) is 17.7 Å². The van der Waals surface area contributed by atoms with E-state index in [1.54, 1.807) is 18.2 Å². The number of carbonyl (C=O) groups excluding carboxylic acids is 3. The van der Waals surface area contributed by atoms with E-state index >= 15 is 0 Å². The number of nitrogens with one attached hydrogen (secondary N) is 2. The minimum atomic E-state index is -0.480. The van der Waals surface area contributed by atoms with Gasteiger partial charge in [0.05, 0.1) is 11.4 Å². The lowest BCUT2D eigenvalue weighted by Crippen LogP contribution is -2.52. The first-order chi connectivity index (χ1) is 12.2. The molecule has 0 aliphatic carbocycles. The van der Waals surface area contributed by atoms with Crippen LogP contribution in [0.5, 0.6) is 0 Å². The maximum absolute atomic E-state index is 12.6. The fraction of sp³-hybridized carbons (Fsp3) is 0.526. The zero-order chi connectivity index (χ0) is 19.3. The molecule has 1 aromatic rings. The fourth-order valence-electron chi connectivity index (χ4n) is 3.30. The molecule has 8 heteroatoms. The maximum atomic E-state index is 12.6. The third-order valence-corrected chi connectivity index (χ3v) is 4.39. The van der Waals surface area contributed by atoms with Crippen LogP contribution in [0.25, 0.3) is 0 Å². The Morgan fingerprint density at radius 1 is 1.30 bits per heavy atom. The van der Waals surface area contributed by atoms with Gasteiger partial charge in [-0.15, -0.1) is 12.4 Å². The average molecular weight is 397 g/mol. The molecule has 1 heterocycles. The summed E-state index contributed by atoms with van der Waals surface area (Å²) in [5, 5.41) is 5.69. The van der Waals surface area contributed by atoms with Crippen molar-refractivity contribution in [1.29, 1.82) is 0 Å². The molecule has 0 saturated heterocycles. The summed E-state index contributed by atoms with van der Waals surface area (Å²) in [6, 6.07) is 7.13. The molecule has 0 bridgehead atoms. The van der Waals surface area contributed by atoms with Gasteiger partial charge in [-0.3, -0.25) is 14.4 Å². The minimum absolute atomic E-state index is 0. The number of fused-ring (bicyclic) bond motifs is 1. The number of hydrogen-bond acceptors (Lipinski definition) is 4. The van der Waals surface area contributed by atoms with Crippen LogP contribution in [0.1, 0.15) is 40.0 Å². The van der Waals surface area contributed by atoms with Gasteiger partial charge in [0.15, 0.2) is 0 Å². The summed E-state index contributed by atoms with van der Waals surface area (Å²) in [7, 11) is 0. The number of halogens is 1. The highest BCUT2D eigenvalue weighted by molar-refractivity contribution is 6.10. The highest BCUT2D eigenvalue weighted by Crippen LogP contribution is 2.29. The molecule has 1 atom stereocenters. The van der Waals surface area contributed by atoms with Crippen LogP contribution in [0.15, 0.2) is 24.3 Å². The molecule has 0 radical (unpaired) electrons. The molecule has 1 aliphatic heterocycles. The lowest BCUT2D eigenvalue weighted by Gasteiger charge is -2.31. The Morgan fingerprint density at radius 3 is 2.59 bits per heavy atom. The highest BCUT2D eigenvalue weighted by atomic mass is 35.5. The SMILES string of the molecule is CC(C)CC(C)(CN)NC(=O)CCC(=O)N1CC(=O)Nc2ccccc21.Cl. The van der Waals surface area contributed by atoms with E-state index in [2.05, 4.69) is 24.5 Å². The number of para-hydroxylation sites is 2. The molecule has 3 amide bonds. The van der Waals surface area contributed by atoms with Gasteiger partial charge in [-0.25, -0.2) is 0 Å². The van der Waals surface area contributed by atoms with Crippen molar-refractivity contribution in [3.63, 3.8) is 0 Å². The van der Waals surface area contributed by atoms with E-state index in [0.29, 0.717) is 23.8 Å². The highest BCUT2D eigenvalue weighted by Gasteiger charge is 2.28. The predicted molar refractivity (Wildman–Crippen MR) is 109 cm³/mol. The second-order valence-corrected chi connectivity index (χ2v) is 7.46. The summed E-state index contributed by atoms with van der Waals surface area (Å²) in [5.74, 6) is -0.301. The van der Waals surface area contributed by atoms with Crippen molar-refractivity contribution in [3.05, 3.63) is 24.3 Å². The lowest BCUT2D eigenvalue weighted by molar-refractivity contribution is -0.126. The minimum Gasteiger partial charge on any atom is -0.350 e. The Kier molecular flexibility index (Phi) is 8.24. The quantitative estimate of drug-likeness (QED) is 0.656. The van der Waals surface area contributed by atoms with Crippen molar-refractivity contribution in [3.8, 4) is 0 Å². The molecule has 0 fully saturated rings. The molecule has 27 heavy (non-hydrogen) atoms. The van der Waals surface area contributed by atoms with Crippen LogP contribution in [0.3, 0.4) is 0 Å². The Labute approximate surface area is 166 Å². The predicted octanol–water partition coefficient (Wildman–Crippen LogP) is 2.05. The van der Waals surface area contributed by atoms with Crippen LogP contribution in [-0.2, 0) is 14.4 Å². The number of amides is 3. The van der Waals surface area contributed by atoms with Crippen molar-refractivity contribution in [2.45, 2.75) is 45.6 Å². The molecule has 7 nitrogen and oxygen atoms in total. The molecule has 0 spiro atoms. The standard InChI is InChI=1S/C19H28N4O3.ClH/c1-13(2)10-19(3,12-20)22-16(24)8-9-18(26)23-11-17(25)21-14-6-4-5-7-15(14)23;/h4-7,13H,8-12,20H2,1-3H3,(H,21,25)(H,22,24);1H. The number of hydrogen-bond donors (Lipinski definition) is 3. The summed E-state index contributed by atoms with van der Waals surface area (Å²) in [6.07, 6.45) is 0.867. The zero-order valence-corrected chi connectivity index (χ0v) is 16.9. The van der Waals surface area contributed by atoms with Gasteiger partial charge in [0, 0.05) is 24.9 Å². The van der Waals surface area contributed by atoms with E-state index in [4.69, 9.17) is 5.73 Å². The normalized spacial score (nSPS) is 15.3. The van der Waals surface area contributed by atoms with Crippen LogP contribution in [0.4, 0.5) is 11.4 Å². The molecule has 4 N–H and O–H groups in total. The van der Waals surface area contributed by atoms with Crippen LogP contribution < -0.4 is 21.3 Å². The molecule has 1 aromatic carbocycles. The van der Waals surface area contributed by atoms with Crippen LogP contribution >= 0.6 is 12.4 Å². The van der Waals surface area contributed by atoms with Crippen LogP contribution in [0, 0.1) is 5.92 Å². The smallest absolute Gasteiger partial charge is 0.244 e. The summed E-state index contributed by atoms with van der Waals surface area (Å²) >= 11 is 0. The Hall–Kier alpha value is -2.12. The van der Waals surface area contributed by atoms with Gasteiger partial charge < -0.3 is 21.3 Å². The van der Waals surface area contributed by atoms with Crippen molar-refractivity contribution in [1.82, 2.24) is 5.32 Å². The first-order valence-corrected chi connectivity index (χ1v) is 8.94. The average Bonchev–Trinajstić information content (AvgIpc) is 2.58. The third-order valence-electron chi connectivity index (χ3n) is 4.39. The second kappa shape index (κ2) is 9.71. The Morgan fingerprint density at radius 2 is 1.96 bits per heavy atom. The van der Waals surface area contributed by atoms with Crippen molar-refractivity contribution < 1.29 is 14.4 Å². The Bertz CT molecular complexity index is 695. The topological polar surface area (TPSA) is 105 Å². The van der Waals surface area contributed by atoms with Gasteiger partial charge in [0.25, 0.3) is 0 Å². The second-order valence-electron chi connectivity index (χ2n) is 7.46. The number of nitrogens with zero attached hydrogens (tertiary/aromatic N) is 1. The number of nitrogens with two attached hydrogens (primary N) is 1. The number of anilines is 2. The number of carbonyl (C=O) groups is 3. The number of rotatable bonds is 7. The number of benzene rings is 1. The molecule has 150 valence electrons. The van der Waals surface area contributed by atoms with Gasteiger partial charge in [-0.1, -0.05) is 26.0 Å². The molecule has 0 aromatic heterocycles. The van der Waals surface area contributed by atoms with Gasteiger partial charge >= 0.3 is 0 Å². The monoisotopic (exact) mass is 396 g/mol. The zero-order valence-electron chi connectivity index (χ0n) is 16.1. The third kappa shape index (κ3) is 6.22. The van der Waals surface area contributed by atoms with E-state index in [0.717, 1.165) is 6.42 Å². The molecule has 2 rings (SSSR count). The van der Waals surface area contributed by atoms with Crippen molar-refractivity contribution >= 4 is 41.5 Å². The van der Waals surface area contributed by atoms with Crippen molar-refractivity contribution in [2.75, 3.05) is 23.3 Å². The summed E-state index contributed by atoms with van der Waals surface area (Å²) in [4.78, 5) is 38.1. The van der Waals surface area contributed by atoms with Gasteiger partial charge in [-0.2, -0.15) is 0 Å². The summed E-state index contributed by atoms with van der Waals surface area (Å²) in [5.41, 5.74) is 6.59. The van der Waals surface area contributed by atoms with E-state index in [9.17, 15) is 14.4 Å². The first kappa shape index (κ1) is 22.9. The molecule has 0 saturated carbocycles. The molecule has 1 unspecified atom stereocenters. The molecular weight excluding hydrogens is 368 g/mol. The first-order valence-electron chi connectivity index (χ1n) is 8.94. The van der Waals surface area contributed by atoms with Gasteiger partial charge in [0.1, 0.15) is 6.54 Å². The van der Waals surface area contributed by atoms with E-state index in [1.165, 1.54) is 4.90 Å². The largest absolute Gasteiger partial charge is 0.350 e. The summed E-state index contributed by atoms with van der Waals surface area (Å²) < 4.78 is 0. The van der Waals surface area contributed by atoms with E-state index < -0.39 is 5.54 Å². The fourth-order valence-corrected chi connectivity index (χ4v) is 3.30. The van der Waals surface area contributed by atoms with E-state index in [-0.39, 0.29) is 49.5 Å². The summed E-state index contributed by atoms with van der Waals surface area (Å²) in [6.45, 7) is 6.36. The van der Waals surface area contributed by atoms with E-state index in [1.807, 2.05) is 13.0 Å². The van der Waals surface area contributed by atoms with Crippen molar-refractivity contribution in [2.24, 2.45) is 11.7 Å². The Balaban J connectivity index is 0.00000364. The van der Waals surface area contributed by atoms with Gasteiger partial charge in [-0.05, 0) is 31.4 Å². The maximum Gasteiger partial charge on any atom is 0.244 e. The van der Waals surface area contributed by atoms with Crippen LogP contribution in [0.2, 0.25) is 0 Å². The lowest BCUT2D eigenvalue weighted by atomic mass is 9.90. The molecular formula is C19H29ClN4O3. The molecule has 1 aliphatic rings. The van der Waals surface area contributed by atoms with Crippen LogP contribution in [-0.4, -0.2) is 36.3 Å².